The zero-order valence-corrected chi connectivity index (χ0v) is 17.9. The highest BCUT2D eigenvalue weighted by Crippen LogP contribution is 2.17. The molecule has 0 aromatic heterocycles. The predicted octanol–water partition coefficient (Wildman–Crippen LogP) is 7.93. The number of rotatable bonds is 4. The number of hydrogen-bond donors (Lipinski definition) is 0. The smallest absolute Gasteiger partial charge is 0.0920 e. The number of benzene rings is 2. The van der Waals surface area contributed by atoms with E-state index >= 15 is 0 Å². The molecule has 0 aliphatic rings. The molecule has 0 fully saturated rings. The van der Waals surface area contributed by atoms with Crippen LogP contribution in [0.25, 0.3) is 11.6 Å². The van der Waals surface area contributed by atoms with Crippen molar-refractivity contribution in [1.82, 2.24) is 0 Å². The monoisotopic (exact) mass is 347 g/mol. The van der Waals surface area contributed by atoms with E-state index in [1.807, 2.05) is 0 Å². The standard InChI is InChI=1S/C19H20.C3H8B.C3H8/c1-14-5-11-19(12-6-14)16(3)8-10-18-9-7-15(2)17(4)13-18;1-3-4-2;1-3-2/h5-13H,3H2,1-2,4H3;3H2,1-2H3;3H2,1-2H3/b10-8+;;. The second-order valence-electron chi connectivity index (χ2n) is 6.59. The van der Waals surface area contributed by atoms with Gasteiger partial charge < -0.3 is 0 Å². The van der Waals surface area contributed by atoms with Gasteiger partial charge >= 0.3 is 0 Å². The maximum Gasteiger partial charge on any atom is 0.105 e. The van der Waals surface area contributed by atoms with Crippen LogP contribution in [0.15, 0.2) is 55.1 Å². The summed E-state index contributed by atoms with van der Waals surface area (Å²) in [7, 11) is 2.12. The molecule has 0 saturated heterocycles. The first-order valence-electron chi connectivity index (χ1n) is 9.68. The van der Waals surface area contributed by atoms with Crippen molar-refractivity contribution < 1.29 is 0 Å². The van der Waals surface area contributed by atoms with Gasteiger partial charge in [-0.2, -0.15) is 0 Å². The van der Waals surface area contributed by atoms with E-state index in [0.29, 0.717) is 0 Å². The Kier molecular flexibility index (Phi) is 13.1. The topological polar surface area (TPSA) is 0 Å². The molecule has 26 heavy (non-hydrogen) atoms. The van der Waals surface area contributed by atoms with E-state index in [2.05, 4.69) is 117 Å². The molecule has 0 nitrogen and oxygen atoms in total. The van der Waals surface area contributed by atoms with Gasteiger partial charge in [-0.15, -0.1) is 0 Å². The van der Waals surface area contributed by atoms with Gasteiger partial charge in [-0.25, -0.2) is 0 Å². The van der Waals surface area contributed by atoms with Crippen LogP contribution in [0.2, 0.25) is 13.1 Å². The Bertz CT molecular complexity index is 661. The van der Waals surface area contributed by atoms with Crippen LogP contribution in [0, 0.1) is 20.8 Å². The normalized spacial score (nSPS) is 9.65. The lowest BCUT2D eigenvalue weighted by atomic mass is 9.79. The molecular formula is C25H36B. The quantitative estimate of drug-likeness (QED) is 0.389. The molecule has 0 amide bonds. The summed E-state index contributed by atoms with van der Waals surface area (Å²) in [6.45, 7) is 18.9. The van der Waals surface area contributed by atoms with Gasteiger partial charge in [0.15, 0.2) is 0 Å². The first-order chi connectivity index (χ1) is 12.4. The van der Waals surface area contributed by atoms with Gasteiger partial charge in [-0.3, -0.25) is 0 Å². The van der Waals surface area contributed by atoms with E-state index in [0.717, 1.165) is 5.57 Å². The predicted molar refractivity (Wildman–Crippen MR) is 123 cm³/mol. The van der Waals surface area contributed by atoms with Crippen molar-refractivity contribution in [2.75, 3.05) is 0 Å². The Morgan fingerprint density at radius 2 is 1.46 bits per heavy atom. The third-order valence-corrected chi connectivity index (χ3v) is 3.84. The van der Waals surface area contributed by atoms with Crippen molar-refractivity contribution in [3.63, 3.8) is 0 Å². The fourth-order valence-corrected chi connectivity index (χ4v) is 1.93. The molecule has 0 unspecified atom stereocenters. The fourth-order valence-electron chi connectivity index (χ4n) is 1.93. The van der Waals surface area contributed by atoms with Crippen LogP contribution in [0.3, 0.4) is 0 Å². The van der Waals surface area contributed by atoms with Gasteiger partial charge in [0, 0.05) is 0 Å². The summed E-state index contributed by atoms with van der Waals surface area (Å²) in [5.41, 5.74) is 7.35. The molecule has 2 aromatic carbocycles. The average molecular weight is 347 g/mol. The number of allylic oxidation sites excluding steroid dienone is 2. The first-order valence-corrected chi connectivity index (χ1v) is 9.68. The van der Waals surface area contributed by atoms with Crippen molar-refractivity contribution in [3.8, 4) is 0 Å². The molecule has 2 rings (SSSR count). The Morgan fingerprint density at radius 1 is 0.923 bits per heavy atom. The molecule has 0 bridgehead atoms. The van der Waals surface area contributed by atoms with E-state index in [1.165, 1.54) is 40.6 Å². The molecule has 0 saturated carbocycles. The van der Waals surface area contributed by atoms with E-state index in [4.69, 9.17) is 0 Å². The van der Waals surface area contributed by atoms with Gasteiger partial charge in [0.1, 0.15) is 7.28 Å². The Balaban J connectivity index is 0.000000770. The van der Waals surface area contributed by atoms with Gasteiger partial charge in [0.25, 0.3) is 0 Å². The lowest BCUT2D eigenvalue weighted by molar-refractivity contribution is 1.09. The van der Waals surface area contributed by atoms with Gasteiger partial charge in [-0.05, 0) is 48.6 Å². The first kappa shape index (κ1) is 24.0. The van der Waals surface area contributed by atoms with Crippen LogP contribution in [0.1, 0.15) is 55.0 Å². The van der Waals surface area contributed by atoms with E-state index in [9.17, 15) is 0 Å². The molecular weight excluding hydrogens is 311 g/mol. The Morgan fingerprint density at radius 3 is 1.92 bits per heavy atom. The van der Waals surface area contributed by atoms with Gasteiger partial charge in [0.05, 0.1) is 0 Å². The second-order valence-corrected chi connectivity index (χ2v) is 6.59. The molecule has 1 heteroatoms. The molecule has 1 radical (unpaired) electrons. The summed E-state index contributed by atoms with van der Waals surface area (Å²) in [5, 5.41) is 0. The minimum absolute atomic E-state index is 1.04. The summed E-state index contributed by atoms with van der Waals surface area (Å²) < 4.78 is 0. The highest BCUT2D eigenvalue weighted by atomic mass is 14.0. The lowest BCUT2D eigenvalue weighted by Crippen LogP contribution is -1.82. The maximum absolute atomic E-state index is 4.12. The van der Waals surface area contributed by atoms with E-state index in [-0.39, 0.29) is 0 Å². The van der Waals surface area contributed by atoms with Crippen molar-refractivity contribution in [1.29, 1.82) is 0 Å². The summed E-state index contributed by atoms with van der Waals surface area (Å²) in [5.74, 6) is 0. The molecule has 0 N–H and O–H groups in total. The van der Waals surface area contributed by atoms with Crippen LogP contribution in [0.4, 0.5) is 0 Å². The summed E-state index contributed by atoms with van der Waals surface area (Å²) in [6, 6.07) is 15.0. The lowest BCUT2D eigenvalue weighted by Gasteiger charge is -2.03. The van der Waals surface area contributed by atoms with Crippen molar-refractivity contribution >= 4 is 18.9 Å². The Hall–Kier alpha value is -2.02. The summed E-state index contributed by atoms with van der Waals surface area (Å²) in [6.07, 6.45) is 6.64. The molecule has 2 aromatic rings. The zero-order chi connectivity index (χ0) is 19.9. The second kappa shape index (κ2) is 14.2. The third-order valence-electron chi connectivity index (χ3n) is 3.84. The minimum atomic E-state index is 1.04. The SMILES string of the molecule is C=C(/C=C/c1ccc(C)c(C)c1)c1ccc(C)cc1.CCC.C[B]CC. The Labute approximate surface area is 163 Å². The molecule has 0 aliphatic carbocycles. The number of hydrogen-bond acceptors (Lipinski definition) is 0. The third kappa shape index (κ3) is 10.1. The van der Waals surface area contributed by atoms with Crippen molar-refractivity contribution in [3.05, 3.63) is 82.9 Å². The molecule has 0 atom stereocenters. The zero-order valence-electron chi connectivity index (χ0n) is 17.9. The fraction of sp³-hybridized carbons (Fsp3) is 0.360. The van der Waals surface area contributed by atoms with Crippen LogP contribution in [-0.2, 0) is 0 Å². The van der Waals surface area contributed by atoms with E-state index < -0.39 is 0 Å². The van der Waals surface area contributed by atoms with Crippen LogP contribution >= 0.6 is 0 Å². The highest BCUT2D eigenvalue weighted by molar-refractivity contribution is 6.33. The van der Waals surface area contributed by atoms with E-state index in [1.54, 1.807) is 0 Å². The molecule has 0 spiro atoms. The molecule has 0 aliphatic heterocycles. The van der Waals surface area contributed by atoms with Crippen molar-refractivity contribution in [2.45, 2.75) is 61.1 Å². The average Bonchev–Trinajstić information content (AvgIpc) is 2.64. The number of aryl methyl sites for hydroxylation is 3. The highest BCUT2D eigenvalue weighted by Gasteiger charge is 1.96. The van der Waals surface area contributed by atoms with Gasteiger partial charge in [-0.1, -0.05) is 107 Å². The van der Waals surface area contributed by atoms with Crippen LogP contribution in [-0.4, -0.2) is 7.28 Å². The molecule has 139 valence electrons. The van der Waals surface area contributed by atoms with Gasteiger partial charge in [0.2, 0.25) is 0 Å². The van der Waals surface area contributed by atoms with Crippen molar-refractivity contribution in [2.24, 2.45) is 0 Å². The largest absolute Gasteiger partial charge is 0.105 e. The summed E-state index contributed by atoms with van der Waals surface area (Å²) in [4.78, 5) is 0. The minimum Gasteiger partial charge on any atom is -0.0920 e. The van der Waals surface area contributed by atoms with Crippen LogP contribution in [0.5, 0.6) is 0 Å². The van der Waals surface area contributed by atoms with Crippen LogP contribution < -0.4 is 0 Å². The maximum atomic E-state index is 4.12. The molecule has 0 heterocycles. The summed E-state index contributed by atoms with van der Waals surface area (Å²) >= 11 is 0.